The first-order valence-corrected chi connectivity index (χ1v) is 10.7. The third-order valence-electron chi connectivity index (χ3n) is 5.73. The van der Waals surface area contributed by atoms with Crippen LogP contribution in [0.3, 0.4) is 0 Å². The number of piperidine rings is 1. The van der Waals surface area contributed by atoms with Crippen LogP contribution in [0.2, 0.25) is 0 Å². The Morgan fingerprint density at radius 3 is 2.60 bits per heavy atom. The van der Waals surface area contributed by atoms with E-state index in [9.17, 15) is 0 Å². The van der Waals surface area contributed by atoms with Crippen molar-refractivity contribution in [1.82, 2.24) is 19.9 Å². The highest BCUT2D eigenvalue weighted by Gasteiger charge is 2.23. The summed E-state index contributed by atoms with van der Waals surface area (Å²) in [6.07, 6.45) is 4.04. The van der Waals surface area contributed by atoms with Gasteiger partial charge >= 0.3 is 0 Å². The molecule has 2 saturated heterocycles. The van der Waals surface area contributed by atoms with Gasteiger partial charge in [-0.05, 0) is 38.0 Å². The molecule has 0 aliphatic carbocycles. The second-order valence-corrected chi connectivity index (χ2v) is 7.89. The number of nitrogens with zero attached hydrogens (tertiary/aromatic N) is 6. The molecule has 0 bridgehead atoms. The molecule has 0 saturated carbocycles. The smallest absolute Gasteiger partial charge is 0.227 e. The zero-order valence-corrected chi connectivity index (χ0v) is 17.3. The molecule has 0 spiro atoms. The van der Waals surface area contributed by atoms with E-state index in [-0.39, 0.29) is 0 Å². The van der Waals surface area contributed by atoms with Gasteiger partial charge in [-0.15, -0.1) is 0 Å². The number of morpholine rings is 1. The molecular weight excluding hydrogens is 378 g/mol. The van der Waals surface area contributed by atoms with Gasteiger partial charge in [-0.3, -0.25) is 0 Å². The lowest BCUT2D eigenvalue weighted by atomic mass is 10.1. The summed E-state index contributed by atoms with van der Waals surface area (Å²) in [5.74, 6) is 2.63. The first-order valence-electron chi connectivity index (χ1n) is 10.7. The lowest BCUT2D eigenvalue weighted by Crippen LogP contribution is -2.43. The van der Waals surface area contributed by atoms with Gasteiger partial charge in [0.05, 0.1) is 29.9 Å². The lowest BCUT2D eigenvalue weighted by molar-refractivity contribution is 0.122. The highest BCUT2D eigenvalue weighted by atomic mass is 16.5. The predicted molar refractivity (Wildman–Crippen MR) is 118 cm³/mol. The minimum atomic E-state index is 0.304. The minimum absolute atomic E-state index is 0.304. The fraction of sp³-hybridized carbons (Fsp3) is 0.455. The second-order valence-electron chi connectivity index (χ2n) is 7.89. The van der Waals surface area contributed by atoms with Crippen LogP contribution in [0.4, 0.5) is 17.6 Å². The highest BCUT2D eigenvalue weighted by Crippen LogP contribution is 2.24. The first kappa shape index (κ1) is 19.0. The van der Waals surface area contributed by atoms with E-state index in [2.05, 4.69) is 20.1 Å². The van der Waals surface area contributed by atoms with E-state index < -0.39 is 0 Å². The van der Waals surface area contributed by atoms with Crippen molar-refractivity contribution in [2.24, 2.45) is 0 Å². The summed E-state index contributed by atoms with van der Waals surface area (Å²) < 4.78 is 5.43. The standard InChI is InChI=1S/C22H27N7O/c1-16-21(26-19-7-3-2-6-18(19)24-16)29-10-4-5-17(15-29)25-20-8-9-23-22(27-20)28-11-13-30-14-12-28/h2-3,6-9,17H,4-5,10-15H2,1H3,(H,23,25,27). The summed E-state index contributed by atoms with van der Waals surface area (Å²) in [7, 11) is 0. The molecular formula is C22H27N7O. The van der Waals surface area contributed by atoms with Gasteiger partial charge in [0.1, 0.15) is 5.82 Å². The van der Waals surface area contributed by atoms with Crippen molar-refractivity contribution in [1.29, 1.82) is 0 Å². The fourth-order valence-electron chi connectivity index (χ4n) is 4.22. The van der Waals surface area contributed by atoms with Crippen LogP contribution in [0, 0.1) is 6.92 Å². The SMILES string of the molecule is Cc1nc2ccccc2nc1N1CCCC(Nc2ccnc(N3CCOCC3)n2)C1. The Labute approximate surface area is 176 Å². The third-order valence-corrected chi connectivity index (χ3v) is 5.73. The van der Waals surface area contributed by atoms with Crippen molar-refractivity contribution in [2.75, 3.05) is 54.5 Å². The van der Waals surface area contributed by atoms with Gasteiger partial charge in [-0.1, -0.05) is 12.1 Å². The summed E-state index contributed by atoms with van der Waals surface area (Å²) in [5, 5.41) is 3.62. The number of hydrogen-bond acceptors (Lipinski definition) is 8. The number of fused-ring (bicyclic) bond motifs is 1. The van der Waals surface area contributed by atoms with Gasteiger partial charge in [-0.2, -0.15) is 4.98 Å². The molecule has 1 N–H and O–H groups in total. The second kappa shape index (κ2) is 8.39. The Kier molecular flexibility index (Phi) is 5.31. The van der Waals surface area contributed by atoms with E-state index in [0.717, 1.165) is 86.5 Å². The molecule has 2 fully saturated rings. The molecule has 1 aromatic carbocycles. The molecule has 2 aromatic heterocycles. The zero-order chi connectivity index (χ0) is 20.3. The van der Waals surface area contributed by atoms with Crippen LogP contribution in [-0.2, 0) is 4.74 Å². The summed E-state index contributed by atoms with van der Waals surface area (Å²) >= 11 is 0. The van der Waals surface area contributed by atoms with Crippen LogP contribution < -0.4 is 15.1 Å². The normalized spacial score (nSPS) is 19.8. The first-order chi connectivity index (χ1) is 14.8. The van der Waals surface area contributed by atoms with E-state index in [1.165, 1.54) is 0 Å². The van der Waals surface area contributed by atoms with Gasteiger partial charge < -0.3 is 19.9 Å². The van der Waals surface area contributed by atoms with Crippen molar-refractivity contribution in [2.45, 2.75) is 25.8 Å². The zero-order valence-electron chi connectivity index (χ0n) is 17.3. The Morgan fingerprint density at radius 2 is 1.77 bits per heavy atom. The molecule has 1 atom stereocenters. The summed E-state index contributed by atoms with van der Waals surface area (Å²) in [6, 6.07) is 10.3. The topological polar surface area (TPSA) is 79.3 Å². The van der Waals surface area contributed by atoms with Gasteiger partial charge in [0.2, 0.25) is 5.95 Å². The Morgan fingerprint density at radius 1 is 0.967 bits per heavy atom. The number of anilines is 3. The Hall–Kier alpha value is -3.00. The summed E-state index contributed by atoms with van der Waals surface area (Å²) in [5.41, 5.74) is 2.87. The Balaban J connectivity index is 1.31. The van der Waals surface area contributed by atoms with E-state index in [0.29, 0.717) is 6.04 Å². The number of nitrogens with one attached hydrogen (secondary N) is 1. The number of hydrogen-bond donors (Lipinski definition) is 1. The number of rotatable bonds is 4. The van der Waals surface area contributed by atoms with Crippen LogP contribution in [0.5, 0.6) is 0 Å². The maximum atomic E-state index is 5.43. The van der Waals surface area contributed by atoms with Crippen LogP contribution in [0.25, 0.3) is 11.0 Å². The van der Waals surface area contributed by atoms with Crippen molar-refractivity contribution in [3.05, 3.63) is 42.2 Å². The van der Waals surface area contributed by atoms with Crippen molar-refractivity contribution in [3.8, 4) is 0 Å². The number of aromatic nitrogens is 4. The molecule has 1 unspecified atom stereocenters. The number of benzene rings is 1. The maximum Gasteiger partial charge on any atom is 0.227 e. The molecule has 30 heavy (non-hydrogen) atoms. The number of para-hydroxylation sites is 2. The van der Waals surface area contributed by atoms with Crippen molar-refractivity contribution >= 4 is 28.6 Å². The third kappa shape index (κ3) is 4.00. The number of ether oxygens (including phenoxy) is 1. The lowest BCUT2D eigenvalue weighted by Gasteiger charge is -2.35. The average Bonchev–Trinajstić information content (AvgIpc) is 2.79. The molecule has 2 aliphatic rings. The molecule has 3 aromatic rings. The predicted octanol–water partition coefficient (Wildman–Crippen LogP) is 2.65. The quantitative estimate of drug-likeness (QED) is 0.710. The Bertz CT molecular complexity index is 1020. The van der Waals surface area contributed by atoms with Gasteiger partial charge in [0.15, 0.2) is 5.82 Å². The van der Waals surface area contributed by atoms with Gasteiger partial charge in [-0.25, -0.2) is 15.0 Å². The van der Waals surface area contributed by atoms with Gasteiger partial charge in [0, 0.05) is 38.4 Å². The van der Waals surface area contributed by atoms with E-state index in [1.807, 2.05) is 43.5 Å². The summed E-state index contributed by atoms with van der Waals surface area (Å²) in [4.78, 5) is 23.4. The maximum absolute atomic E-state index is 5.43. The highest BCUT2D eigenvalue weighted by molar-refractivity contribution is 5.76. The minimum Gasteiger partial charge on any atom is -0.378 e. The van der Waals surface area contributed by atoms with Crippen LogP contribution in [0.15, 0.2) is 36.5 Å². The van der Waals surface area contributed by atoms with Gasteiger partial charge in [0.25, 0.3) is 0 Å². The van der Waals surface area contributed by atoms with E-state index in [1.54, 1.807) is 0 Å². The summed E-state index contributed by atoms with van der Waals surface area (Å²) in [6.45, 7) is 7.04. The molecule has 4 heterocycles. The van der Waals surface area contributed by atoms with Crippen LogP contribution >= 0.6 is 0 Å². The number of aryl methyl sites for hydroxylation is 1. The molecule has 156 valence electrons. The molecule has 2 aliphatic heterocycles. The fourth-order valence-corrected chi connectivity index (χ4v) is 4.22. The van der Waals surface area contributed by atoms with Crippen molar-refractivity contribution < 1.29 is 4.74 Å². The molecule has 5 rings (SSSR count). The molecule has 8 heteroatoms. The molecule has 8 nitrogen and oxygen atoms in total. The van der Waals surface area contributed by atoms with E-state index in [4.69, 9.17) is 19.7 Å². The largest absolute Gasteiger partial charge is 0.378 e. The van der Waals surface area contributed by atoms with Crippen molar-refractivity contribution in [3.63, 3.8) is 0 Å². The molecule has 0 amide bonds. The van der Waals surface area contributed by atoms with E-state index >= 15 is 0 Å². The molecule has 0 radical (unpaired) electrons. The average molecular weight is 406 g/mol. The van der Waals surface area contributed by atoms with Crippen LogP contribution in [0.1, 0.15) is 18.5 Å². The van der Waals surface area contributed by atoms with Crippen LogP contribution in [-0.4, -0.2) is 65.4 Å². The monoisotopic (exact) mass is 405 g/mol.